The Hall–Kier alpha value is -2.46. The molecule has 0 saturated heterocycles. The van der Waals surface area contributed by atoms with Crippen LogP contribution in [0, 0.1) is 0 Å². The third-order valence-corrected chi connectivity index (χ3v) is 3.48. The lowest BCUT2D eigenvalue weighted by Gasteiger charge is -2.20. The maximum atomic E-state index is 6.15. The van der Waals surface area contributed by atoms with Crippen LogP contribution in [0.2, 0.25) is 0 Å². The van der Waals surface area contributed by atoms with Gasteiger partial charge >= 0.3 is 0 Å². The van der Waals surface area contributed by atoms with Crippen molar-refractivity contribution < 1.29 is 0 Å². The van der Waals surface area contributed by atoms with Crippen LogP contribution in [0.1, 0.15) is 18.7 Å². The molecule has 3 aromatic rings. The highest BCUT2D eigenvalue weighted by atomic mass is 15.3. The molecule has 0 radical (unpaired) electrons. The van der Waals surface area contributed by atoms with Gasteiger partial charge in [-0.25, -0.2) is 0 Å². The van der Waals surface area contributed by atoms with E-state index in [4.69, 9.17) is 5.73 Å². The molecule has 2 unspecified atom stereocenters. The summed E-state index contributed by atoms with van der Waals surface area (Å²) >= 11 is 0. The van der Waals surface area contributed by atoms with E-state index in [1.165, 1.54) is 0 Å². The molecule has 4 nitrogen and oxygen atoms in total. The van der Waals surface area contributed by atoms with Crippen molar-refractivity contribution in [1.29, 1.82) is 0 Å². The van der Waals surface area contributed by atoms with E-state index in [9.17, 15) is 0 Å². The molecule has 0 fully saturated rings. The van der Waals surface area contributed by atoms with E-state index in [2.05, 4.69) is 22.2 Å². The quantitative estimate of drug-likeness (QED) is 0.798. The van der Waals surface area contributed by atoms with Gasteiger partial charge in [-0.3, -0.25) is 9.67 Å². The molecule has 2 N–H and O–H groups in total. The number of nitrogens with two attached hydrogens (primary N) is 1. The highest BCUT2D eigenvalue weighted by Gasteiger charge is 2.20. The first-order chi connectivity index (χ1) is 10.3. The van der Waals surface area contributed by atoms with Crippen molar-refractivity contribution in [3.8, 4) is 11.1 Å². The first kappa shape index (κ1) is 13.5. The minimum atomic E-state index is -0.0802. The summed E-state index contributed by atoms with van der Waals surface area (Å²) in [5.74, 6) is 0. The zero-order valence-corrected chi connectivity index (χ0v) is 11.9. The third-order valence-electron chi connectivity index (χ3n) is 3.48. The van der Waals surface area contributed by atoms with Crippen LogP contribution in [0.4, 0.5) is 0 Å². The van der Waals surface area contributed by atoms with Crippen LogP contribution in [0.15, 0.2) is 67.1 Å². The Bertz CT molecular complexity index is 689. The van der Waals surface area contributed by atoms with Gasteiger partial charge in [-0.2, -0.15) is 5.10 Å². The SMILES string of the molecule is CC(N)C(c1ccccn1)n1cc(-c2ccccc2)cn1. The van der Waals surface area contributed by atoms with Crippen molar-refractivity contribution in [2.24, 2.45) is 5.73 Å². The molecular weight excluding hydrogens is 260 g/mol. The normalized spacial score (nSPS) is 13.8. The maximum Gasteiger partial charge on any atom is 0.109 e. The smallest absolute Gasteiger partial charge is 0.109 e. The van der Waals surface area contributed by atoms with E-state index in [1.54, 1.807) is 6.20 Å². The number of pyridine rings is 1. The molecule has 106 valence electrons. The molecule has 21 heavy (non-hydrogen) atoms. The van der Waals surface area contributed by atoms with Crippen LogP contribution in [0.3, 0.4) is 0 Å². The van der Waals surface area contributed by atoms with Gasteiger partial charge in [0.15, 0.2) is 0 Å². The fraction of sp³-hybridized carbons (Fsp3) is 0.176. The van der Waals surface area contributed by atoms with E-state index >= 15 is 0 Å². The third kappa shape index (κ3) is 2.85. The van der Waals surface area contributed by atoms with E-state index in [1.807, 2.05) is 60.4 Å². The van der Waals surface area contributed by atoms with Gasteiger partial charge in [-0.15, -0.1) is 0 Å². The van der Waals surface area contributed by atoms with E-state index in [0.29, 0.717) is 0 Å². The number of hydrogen-bond donors (Lipinski definition) is 1. The van der Waals surface area contributed by atoms with E-state index in [-0.39, 0.29) is 12.1 Å². The Kier molecular flexibility index (Phi) is 3.79. The average molecular weight is 278 g/mol. The van der Waals surface area contributed by atoms with Gasteiger partial charge in [0.25, 0.3) is 0 Å². The summed E-state index contributed by atoms with van der Waals surface area (Å²) in [5.41, 5.74) is 9.30. The van der Waals surface area contributed by atoms with Gasteiger partial charge in [0.05, 0.1) is 11.9 Å². The zero-order chi connectivity index (χ0) is 14.7. The van der Waals surface area contributed by atoms with E-state index in [0.717, 1.165) is 16.8 Å². The molecule has 1 aromatic carbocycles. The zero-order valence-electron chi connectivity index (χ0n) is 11.9. The van der Waals surface area contributed by atoms with Gasteiger partial charge in [-0.05, 0) is 24.6 Å². The molecule has 0 spiro atoms. The van der Waals surface area contributed by atoms with Crippen molar-refractivity contribution in [1.82, 2.24) is 14.8 Å². The van der Waals surface area contributed by atoms with E-state index < -0.39 is 0 Å². The maximum absolute atomic E-state index is 6.15. The standard InChI is InChI=1S/C17H18N4/c1-13(18)17(16-9-5-6-10-19-16)21-12-15(11-20-21)14-7-3-2-4-8-14/h2-13,17H,18H2,1H3. The van der Waals surface area contributed by atoms with Crippen LogP contribution in [0.25, 0.3) is 11.1 Å². The summed E-state index contributed by atoms with van der Waals surface area (Å²) < 4.78 is 1.90. The molecule has 0 aliphatic carbocycles. The predicted molar refractivity (Wildman–Crippen MR) is 83.7 cm³/mol. The fourth-order valence-electron chi connectivity index (χ4n) is 2.47. The number of benzene rings is 1. The van der Waals surface area contributed by atoms with Crippen molar-refractivity contribution in [3.63, 3.8) is 0 Å². The molecular formula is C17H18N4. The van der Waals surface area contributed by atoms with Crippen LogP contribution < -0.4 is 5.73 Å². The highest BCUT2D eigenvalue weighted by Crippen LogP contribution is 2.23. The molecule has 0 aliphatic rings. The lowest BCUT2D eigenvalue weighted by molar-refractivity contribution is 0.444. The molecule has 2 aromatic heterocycles. The second kappa shape index (κ2) is 5.89. The Morgan fingerprint density at radius 3 is 2.43 bits per heavy atom. The Morgan fingerprint density at radius 1 is 1.00 bits per heavy atom. The van der Waals surface area contributed by atoms with Gasteiger partial charge in [0.2, 0.25) is 0 Å². The summed E-state index contributed by atoms with van der Waals surface area (Å²) in [6, 6.07) is 15.9. The van der Waals surface area contributed by atoms with Crippen LogP contribution in [-0.2, 0) is 0 Å². The average Bonchev–Trinajstić information content (AvgIpc) is 2.98. The van der Waals surface area contributed by atoms with Crippen LogP contribution in [-0.4, -0.2) is 20.8 Å². The summed E-state index contributed by atoms with van der Waals surface area (Å²) in [5, 5.41) is 4.49. The lowest BCUT2D eigenvalue weighted by Crippen LogP contribution is -2.31. The minimum absolute atomic E-state index is 0.0661. The van der Waals surface area contributed by atoms with Gasteiger partial charge in [0, 0.05) is 24.0 Å². The van der Waals surface area contributed by atoms with Gasteiger partial charge in [0.1, 0.15) is 6.04 Å². The largest absolute Gasteiger partial charge is 0.326 e. The van der Waals surface area contributed by atoms with Crippen molar-refractivity contribution in [2.75, 3.05) is 0 Å². The van der Waals surface area contributed by atoms with Gasteiger partial charge < -0.3 is 5.73 Å². The summed E-state index contributed by atoms with van der Waals surface area (Å²) in [4.78, 5) is 4.42. The predicted octanol–water partition coefficient (Wildman–Crippen LogP) is 2.88. The first-order valence-corrected chi connectivity index (χ1v) is 7.02. The Labute approximate surface area is 124 Å². The monoisotopic (exact) mass is 278 g/mol. The number of hydrogen-bond acceptors (Lipinski definition) is 3. The molecule has 2 atom stereocenters. The number of aromatic nitrogens is 3. The summed E-state index contributed by atoms with van der Waals surface area (Å²) in [6.07, 6.45) is 5.68. The number of rotatable bonds is 4. The lowest BCUT2D eigenvalue weighted by atomic mass is 10.1. The molecule has 2 heterocycles. The minimum Gasteiger partial charge on any atom is -0.326 e. The number of nitrogens with zero attached hydrogens (tertiary/aromatic N) is 3. The first-order valence-electron chi connectivity index (χ1n) is 7.02. The van der Waals surface area contributed by atoms with Crippen LogP contribution in [0.5, 0.6) is 0 Å². The Morgan fingerprint density at radius 2 is 1.76 bits per heavy atom. The molecule has 0 amide bonds. The summed E-state index contributed by atoms with van der Waals surface area (Å²) in [7, 11) is 0. The fourth-order valence-corrected chi connectivity index (χ4v) is 2.47. The van der Waals surface area contributed by atoms with Crippen molar-refractivity contribution in [2.45, 2.75) is 19.0 Å². The Balaban J connectivity index is 1.97. The molecule has 0 saturated carbocycles. The molecule has 3 rings (SSSR count). The topological polar surface area (TPSA) is 56.7 Å². The second-order valence-electron chi connectivity index (χ2n) is 5.13. The highest BCUT2D eigenvalue weighted by molar-refractivity contribution is 5.61. The van der Waals surface area contributed by atoms with Crippen molar-refractivity contribution in [3.05, 3.63) is 72.8 Å². The van der Waals surface area contributed by atoms with Crippen LogP contribution >= 0.6 is 0 Å². The molecule has 4 heteroatoms. The second-order valence-corrected chi connectivity index (χ2v) is 5.13. The van der Waals surface area contributed by atoms with Crippen molar-refractivity contribution >= 4 is 0 Å². The summed E-state index contributed by atoms with van der Waals surface area (Å²) in [6.45, 7) is 1.98. The molecule has 0 bridgehead atoms. The van der Waals surface area contributed by atoms with Gasteiger partial charge in [-0.1, -0.05) is 36.4 Å². The molecule has 0 aliphatic heterocycles.